The Morgan fingerprint density at radius 3 is 2.24 bits per heavy atom. The van der Waals surface area contributed by atoms with E-state index in [2.05, 4.69) is 16.0 Å². The van der Waals surface area contributed by atoms with E-state index in [0.717, 1.165) is 6.92 Å². The van der Waals surface area contributed by atoms with Gasteiger partial charge in [-0.1, -0.05) is 30.3 Å². The maximum absolute atomic E-state index is 13.2. The molecule has 0 saturated carbocycles. The number of carbonyl (C=O) groups excluding carboxylic acids is 3. The predicted octanol–water partition coefficient (Wildman–Crippen LogP) is -1.56. The first-order valence-corrected chi connectivity index (χ1v) is 14.7. The third-order valence-corrected chi connectivity index (χ3v) is 7.14. The number of nitrogens with one attached hydrogen (secondary N) is 6. The number of hydrogen-bond donors (Lipinski definition) is 10. The summed E-state index contributed by atoms with van der Waals surface area (Å²) in [6, 6.07) is 6.65. The summed E-state index contributed by atoms with van der Waals surface area (Å²) in [6.45, 7) is 0.0694. The molecular weight excluding hydrogens is 625 g/mol. The summed E-state index contributed by atoms with van der Waals surface area (Å²) in [5, 5.41) is 45.7. The fourth-order valence-corrected chi connectivity index (χ4v) is 3.86. The molecule has 1 aromatic carbocycles. The molecule has 0 aliphatic rings. The van der Waals surface area contributed by atoms with Gasteiger partial charge in [0.2, 0.25) is 5.91 Å². The Hall–Kier alpha value is -4.92. The average molecular weight is 662 g/mol. The van der Waals surface area contributed by atoms with Crippen LogP contribution in [0.4, 0.5) is 4.79 Å². The minimum atomic E-state index is -5.09. The molecule has 1 rings (SSSR count). The van der Waals surface area contributed by atoms with Crippen LogP contribution in [0.25, 0.3) is 0 Å². The van der Waals surface area contributed by atoms with Gasteiger partial charge in [0.1, 0.15) is 12.4 Å². The van der Waals surface area contributed by atoms with E-state index in [-0.39, 0.29) is 18.9 Å². The van der Waals surface area contributed by atoms with Crippen LogP contribution in [0.15, 0.2) is 30.3 Å². The number of hydrazine groups is 1. The molecule has 12 N–H and O–H groups in total. The van der Waals surface area contributed by atoms with Gasteiger partial charge in [-0.3, -0.25) is 40.4 Å². The van der Waals surface area contributed by atoms with Gasteiger partial charge in [-0.2, -0.15) is 0 Å². The molecule has 0 aromatic heterocycles. The summed E-state index contributed by atoms with van der Waals surface area (Å²) in [7, 11) is -5.09. The van der Waals surface area contributed by atoms with E-state index in [4.69, 9.17) is 27.0 Å². The van der Waals surface area contributed by atoms with Crippen molar-refractivity contribution in [3.8, 4) is 0 Å². The zero-order valence-corrected chi connectivity index (χ0v) is 24.9. The summed E-state index contributed by atoms with van der Waals surface area (Å²) in [5.41, 5.74) is 7.66. The lowest BCUT2D eigenvalue weighted by atomic mass is 10.0. The van der Waals surface area contributed by atoms with Crippen molar-refractivity contribution in [1.29, 1.82) is 10.8 Å². The molecular formula is C22H36N11O11P. The number of nitrogens with two attached hydrogens (primary N) is 2. The van der Waals surface area contributed by atoms with E-state index >= 15 is 0 Å². The second kappa shape index (κ2) is 17.4. The molecule has 0 fully saturated rings. The topological polar surface area (TPSA) is 355 Å². The molecule has 3 atom stereocenters. The Labute approximate surface area is 255 Å². The lowest BCUT2D eigenvalue weighted by Crippen LogP contribution is -2.67. The normalized spacial score (nSPS) is 13.6. The molecule has 0 radical (unpaired) electrons. The van der Waals surface area contributed by atoms with Gasteiger partial charge >= 0.3 is 25.3 Å². The Bertz CT molecular complexity index is 1300. The maximum Gasteiger partial charge on any atom is 0.476 e. The van der Waals surface area contributed by atoms with Crippen LogP contribution in [0, 0.1) is 31.0 Å². The molecule has 45 heavy (non-hydrogen) atoms. The second-order valence-corrected chi connectivity index (χ2v) is 11.3. The number of rotatable bonds is 17. The van der Waals surface area contributed by atoms with Crippen LogP contribution >= 0.6 is 7.60 Å². The highest BCUT2D eigenvalue weighted by atomic mass is 31.2. The molecule has 1 aromatic rings. The highest BCUT2D eigenvalue weighted by Gasteiger charge is 2.66. The zero-order chi connectivity index (χ0) is 34.4. The quantitative estimate of drug-likeness (QED) is 0.0172. The summed E-state index contributed by atoms with van der Waals surface area (Å²) in [6.07, 6.45) is -3.04. The van der Waals surface area contributed by atoms with Gasteiger partial charge in [0, 0.05) is 13.1 Å². The number of benzene rings is 1. The van der Waals surface area contributed by atoms with Crippen LogP contribution in [0.1, 0.15) is 38.2 Å². The minimum absolute atomic E-state index is 0.157. The van der Waals surface area contributed by atoms with Gasteiger partial charge in [0.05, 0.1) is 22.4 Å². The third-order valence-electron chi connectivity index (χ3n) is 6.00. The summed E-state index contributed by atoms with van der Waals surface area (Å²) in [5.74, 6) is -5.59. The monoisotopic (exact) mass is 661 g/mol. The first-order chi connectivity index (χ1) is 20.9. The van der Waals surface area contributed by atoms with Crippen molar-refractivity contribution in [3.05, 3.63) is 56.1 Å². The van der Waals surface area contributed by atoms with Crippen molar-refractivity contribution in [3.63, 3.8) is 0 Å². The first-order valence-electron chi connectivity index (χ1n) is 13.1. The fraction of sp³-hybridized carbons (Fsp3) is 0.500. The van der Waals surface area contributed by atoms with Crippen molar-refractivity contribution in [2.24, 2.45) is 11.5 Å². The number of hydrogen-bond acceptors (Lipinski definition) is 12. The largest absolute Gasteiger partial charge is 0.476 e. The van der Waals surface area contributed by atoms with Crippen LogP contribution in [0.2, 0.25) is 0 Å². The molecule has 0 aliphatic heterocycles. The van der Waals surface area contributed by atoms with Crippen LogP contribution < -0.4 is 32.7 Å². The van der Waals surface area contributed by atoms with Gasteiger partial charge in [-0.05, 0) is 31.7 Å². The molecule has 0 heterocycles. The van der Waals surface area contributed by atoms with Gasteiger partial charge in [-0.15, -0.1) is 0 Å². The van der Waals surface area contributed by atoms with E-state index in [0.29, 0.717) is 12.0 Å². The average Bonchev–Trinajstić information content (AvgIpc) is 2.94. The van der Waals surface area contributed by atoms with Gasteiger partial charge in [0.25, 0.3) is 0 Å². The predicted molar refractivity (Wildman–Crippen MR) is 155 cm³/mol. The van der Waals surface area contributed by atoms with Crippen molar-refractivity contribution in [2.75, 3.05) is 13.1 Å². The number of carbonyl (C=O) groups is 3. The van der Waals surface area contributed by atoms with E-state index < -0.39 is 89.9 Å². The van der Waals surface area contributed by atoms with Gasteiger partial charge in [-0.25, -0.2) is 14.9 Å². The molecule has 0 unspecified atom stereocenters. The number of nitrogens with zero attached hydrogens (tertiary/aromatic N) is 3. The number of ether oxygens (including phenoxy) is 1. The molecule has 0 bridgehead atoms. The van der Waals surface area contributed by atoms with Crippen LogP contribution in [-0.2, 0) is 25.5 Å². The number of guanidine groups is 2. The SMILES string of the molecule is C[C@H](NC(=O)[C@](CCCNC(=N)NC(=O)[C@@H](N)CCCNC(=N)N)(N(C(=O)OCc1ccccc1)[N+](=O)[O-])[N+](=O)[O-])P(=O)(O)O. The van der Waals surface area contributed by atoms with E-state index in [9.17, 15) is 49.0 Å². The molecule has 250 valence electrons. The molecule has 23 heteroatoms. The minimum Gasteiger partial charge on any atom is -0.441 e. The summed E-state index contributed by atoms with van der Waals surface area (Å²) < 4.78 is 16.5. The molecule has 0 aliphatic carbocycles. The molecule has 0 spiro atoms. The zero-order valence-electron chi connectivity index (χ0n) is 24.0. The van der Waals surface area contributed by atoms with E-state index in [1.807, 2.05) is 0 Å². The smallest absolute Gasteiger partial charge is 0.441 e. The number of nitro groups is 2. The Morgan fingerprint density at radius 1 is 1.11 bits per heavy atom. The van der Waals surface area contributed by atoms with Crippen LogP contribution in [0.3, 0.4) is 0 Å². The highest BCUT2D eigenvalue weighted by Crippen LogP contribution is 2.39. The first kappa shape index (κ1) is 38.1. The summed E-state index contributed by atoms with van der Waals surface area (Å²) >= 11 is 0. The third kappa shape index (κ3) is 11.9. The molecule has 22 nitrogen and oxygen atoms in total. The highest BCUT2D eigenvalue weighted by molar-refractivity contribution is 7.52. The van der Waals surface area contributed by atoms with Crippen molar-refractivity contribution >= 4 is 37.4 Å². The van der Waals surface area contributed by atoms with Gasteiger partial charge < -0.3 is 41.9 Å². The van der Waals surface area contributed by atoms with Gasteiger partial charge in [0.15, 0.2) is 17.0 Å². The van der Waals surface area contributed by atoms with Crippen molar-refractivity contribution < 1.29 is 43.4 Å². The maximum atomic E-state index is 13.2. The molecule has 0 saturated heterocycles. The van der Waals surface area contributed by atoms with Crippen molar-refractivity contribution in [2.45, 2.75) is 56.7 Å². The van der Waals surface area contributed by atoms with E-state index in [1.165, 1.54) is 12.1 Å². The second-order valence-electron chi connectivity index (χ2n) is 9.39. The Kier molecular flexibility index (Phi) is 14.7. The fourth-order valence-electron chi connectivity index (χ4n) is 3.57. The van der Waals surface area contributed by atoms with E-state index in [1.54, 1.807) is 23.5 Å². The van der Waals surface area contributed by atoms with Crippen molar-refractivity contribution in [1.82, 2.24) is 26.3 Å². The molecule has 3 amide bonds. The standard InChI is InChI=1S/C22H36N11O11P/c1-14(45(41,42)43)29-18(35)22(32(37)38,31(33(39)40)21(36)44-13-15-7-3-2-4-8-15)10-6-12-28-20(26)30-17(34)16(23)9-5-11-27-19(24)25/h2-4,7-8,14,16H,5-6,9-13,23H2,1H3,(H,29,35)(H4,24,25,27)(H2,41,42,43)(H3,26,28,30,34)/t14-,16+,22-/m1/s1. The Balaban J connectivity index is 3.10. The number of amides is 3. The van der Waals surface area contributed by atoms with Crippen LogP contribution in [-0.4, -0.2) is 85.2 Å². The van der Waals surface area contributed by atoms with Crippen LogP contribution in [0.5, 0.6) is 0 Å². The summed E-state index contributed by atoms with van der Waals surface area (Å²) in [4.78, 5) is 79.8. The lowest BCUT2D eigenvalue weighted by molar-refractivity contribution is -0.732. The Morgan fingerprint density at radius 2 is 1.71 bits per heavy atom. The lowest BCUT2D eigenvalue weighted by Gasteiger charge is -2.28.